The van der Waals surface area contributed by atoms with Gasteiger partial charge in [0.05, 0.1) is 0 Å². The maximum Gasteiger partial charge on any atom is 0.131 e. The molecule has 20 heavy (non-hydrogen) atoms. The molecule has 1 aromatic heterocycles. The van der Waals surface area contributed by atoms with Crippen molar-refractivity contribution in [2.45, 2.75) is 72.3 Å². The van der Waals surface area contributed by atoms with Crippen LogP contribution in [0, 0.1) is 19.8 Å². The highest BCUT2D eigenvalue weighted by Gasteiger charge is 2.27. The zero-order valence-corrected chi connectivity index (χ0v) is 13.9. The molecule has 0 saturated heterocycles. The fraction of sp³-hybridized carbons (Fsp3) is 0.765. The predicted molar refractivity (Wildman–Crippen MR) is 84.1 cm³/mol. The SMILES string of the molecule is Cc1nc(C2CC2)nc(C)c1CC(C)CNC(C)(C)C. The highest BCUT2D eigenvalue weighted by Crippen LogP contribution is 2.38. The van der Waals surface area contributed by atoms with Crippen molar-refractivity contribution in [3.63, 3.8) is 0 Å². The van der Waals surface area contributed by atoms with Gasteiger partial charge in [0.1, 0.15) is 5.82 Å². The van der Waals surface area contributed by atoms with E-state index < -0.39 is 0 Å². The minimum atomic E-state index is 0.185. The van der Waals surface area contributed by atoms with Gasteiger partial charge in [0.25, 0.3) is 0 Å². The number of hydrogen-bond acceptors (Lipinski definition) is 3. The molecular formula is C17H29N3. The van der Waals surface area contributed by atoms with Crippen molar-refractivity contribution in [1.29, 1.82) is 0 Å². The topological polar surface area (TPSA) is 37.8 Å². The number of nitrogens with one attached hydrogen (secondary N) is 1. The lowest BCUT2D eigenvalue weighted by Gasteiger charge is -2.24. The summed E-state index contributed by atoms with van der Waals surface area (Å²) >= 11 is 0. The molecule has 1 fully saturated rings. The second kappa shape index (κ2) is 5.80. The molecule has 1 atom stereocenters. The molecule has 1 aliphatic rings. The number of rotatable bonds is 5. The molecule has 1 heterocycles. The van der Waals surface area contributed by atoms with Crippen molar-refractivity contribution in [3.8, 4) is 0 Å². The summed E-state index contributed by atoms with van der Waals surface area (Å²) in [6.45, 7) is 14.2. The molecule has 0 aromatic carbocycles. The standard InChI is InChI=1S/C17H29N3/c1-11(10-18-17(4,5)6)9-15-12(2)19-16(14-7-8-14)20-13(15)3/h11,14,18H,7-10H2,1-6H3. The first-order valence-electron chi connectivity index (χ1n) is 7.85. The molecule has 1 unspecified atom stereocenters. The average Bonchev–Trinajstić information content (AvgIpc) is 3.14. The summed E-state index contributed by atoms with van der Waals surface area (Å²) in [5.41, 5.74) is 3.90. The van der Waals surface area contributed by atoms with Crippen molar-refractivity contribution in [2.24, 2.45) is 5.92 Å². The van der Waals surface area contributed by atoms with Crippen LogP contribution in [0.4, 0.5) is 0 Å². The van der Waals surface area contributed by atoms with Crippen LogP contribution in [0.15, 0.2) is 0 Å². The molecule has 2 rings (SSSR count). The van der Waals surface area contributed by atoms with E-state index in [4.69, 9.17) is 9.97 Å². The summed E-state index contributed by atoms with van der Waals surface area (Å²) in [4.78, 5) is 9.45. The number of nitrogens with zero attached hydrogens (tertiary/aromatic N) is 2. The van der Waals surface area contributed by atoms with Gasteiger partial charge in [-0.3, -0.25) is 0 Å². The third-order valence-corrected chi connectivity index (χ3v) is 3.91. The molecule has 112 valence electrons. The van der Waals surface area contributed by atoms with E-state index in [0.717, 1.165) is 18.8 Å². The van der Waals surface area contributed by atoms with E-state index in [0.29, 0.717) is 11.8 Å². The zero-order valence-electron chi connectivity index (χ0n) is 13.9. The lowest BCUT2D eigenvalue weighted by atomic mass is 9.97. The highest BCUT2D eigenvalue weighted by molar-refractivity contribution is 5.26. The van der Waals surface area contributed by atoms with Crippen molar-refractivity contribution in [3.05, 3.63) is 22.8 Å². The van der Waals surface area contributed by atoms with Crippen LogP contribution in [-0.4, -0.2) is 22.1 Å². The normalized spacial score (nSPS) is 17.3. The van der Waals surface area contributed by atoms with E-state index >= 15 is 0 Å². The Morgan fingerprint density at radius 2 is 1.70 bits per heavy atom. The van der Waals surface area contributed by atoms with Gasteiger partial charge >= 0.3 is 0 Å². The van der Waals surface area contributed by atoms with Gasteiger partial charge in [-0.05, 0) is 71.9 Å². The van der Waals surface area contributed by atoms with Crippen molar-refractivity contribution >= 4 is 0 Å². The summed E-state index contributed by atoms with van der Waals surface area (Å²) in [5.74, 6) is 2.31. The first-order valence-corrected chi connectivity index (χ1v) is 7.85. The third kappa shape index (κ3) is 4.27. The Morgan fingerprint density at radius 1 is 1.15 bits per heavy atom. The third-order valence-electron chi connectivity index (χ3n) is 3.91. The summed E-state index contributed by atoms with van der Waals surface area (Å²) in [5, 5.41) is 3.58. The average molecular weight is 275 g/mol. The fourth-order valence-corrected chi connectivity index (χ4v) is 2.49. The van der Waals surface area contributed by atoms with Crippen LogP contribution in [0.25, 0.3) is 0 Å². The smallest absolute Gasteiger partial charge is 0.131 e. The molecule has 0 radical (unpaired) electrons. The van der Waals surface area contributed by atoms with Gasteiger partial charge in [0.2, 0.25) is 0 Å². The van der Waals surface area contributed by atoms with Crippen LogP contribution < -0.4 is 5.32 Å². The molecule has 1 saturated carbocycles. The lowest BCUT2D eigenvalue weighted by molar-refractivity contribution is 0.381. The Balaban J connectivity index is 2.01. The molecule has 3 nitrogen and oxygen atoms in total. The van der Waals surface area contributed by atoms with Gasteiger partial charge in [0, 0.05) is 22.8 Å². The second-order valence-electron chi connectivity index (χ2n) is 7.45. The van der Waals surface area contributed by atoms with E-state index in [9.17, 15) is 0 Å². The van der Waals surface area contributed by atoms with Gasteiger partial charge in [-0.25, -0.2) is 9.97 Å². The second-order valence-corrected chi connectivity index (χ2v) is 7.45. The summed E-state index contributed by atoms with van der Waals surface area (Å²) in [7, 11) is 0. The predicted octanol–water partition coefficient (Wildman–Crippen LogP) is 3.54. The first-order chi connectivity index (χ1) is 9.26. The van der Waals surface area contributed by atoms with Crippen LogP contribution in [0.2, 0.25) is 0 Å². The molecular weight excluding hydrogens is 246 g/mol. The number of aryl methyl sites for hydroxylation is 2. The van der Waals surface area contributed by atoms with Gasteiger partial charge < -0.3 is 5.32 Å². The Hall–Kier alpha value is -0.960. The minimum Gasteiger partial charge on any atom is -0.312 e. The maximum atomic E-state index is 4.73. The highest BCUT2D eigenvalue weighted by atomic mass is 14.9. The summed E-state index contributed by atoms with van der Waals surface area (Å²) < 4.78 is 0. The van der Waals surface area contributed by atoms with Crippen LogP contribution in [-0.2, 0) is 6.42 Å². The largest absolute Gasteiger partial charge is 0.312 e. The number of hydrogen-bond donors (Lipinski definition) is 1. The van der Waals surface area contributed by atoms with Crippen LogP contribution >= 0.6 is 0 Å². The van der Waals surface area contributed by atoms with Gasteiger partial charge in [-0.15, -0.1) is 0 Å². The van der Waals surface area contributed by atoms with Crippen molar-refractivity contribution < 1.29 is 0 Å². The van der Waals surface area contributed by atoms with Crippen molar-refractivity contribution in [2.75, 3.05) is 6.54 Å². The maximum absolute atomic E-state index is 4.73. The van der Waals surface area contributed by atoms with E-state index in [1.54, 1.807) is 0 Å². The molecule has 0 bridgehead atoms. The van der Waals surface area contributed by atoms with Gasteiger partial charge in [-0.2, -0.15) is 0 Å². The molecule has 1 aliphatic carbocycles. The molecule has 1 aromatic rings. The Kier molecular flexibility index (Phi) is 4.48. The Bertz CT molecular complexity index is 447. The molecule has 3 heteroatoms. The van der Waals surface area contributed by atoms with E-state index in [1.807, 2.05) is 0 Å². The molecule has 0 aliphatic heterocycles. The lowest BCUT2D eigenvalue weighted by Crippen LogP contribution is -2.39. The van der Waals surface area contributed by atoms with Crippen LogP contribution in [0.3, 0.4) is 0 Å². The zero-order chi connectivity index (χ0) is 14.9. The van der Waals surface area contributed by atoms with Gasteiger partial charge in [0.15, 0.2) is 0 Å². The number of aromatic nitrogens is 2. The van der Waals surface area contributed by atoms with E-state index in [2.05, 4.69) is 46.9 Å². The van der Waals surface area contributed by atoms with Gasteiger partial charge in [-0.1, -0.05) is 6.92 Å². The van der Waals surface area contributed by atoms with Crippen LogP contribution in [0.5, 0.6) is 0 Å². The summed E-state index contributed by atoms with van der Waals surface area (Å²) in [6, 6.07) is 0. The van der Waals surface area contributed by atoms with E-state index in [1.165, 1.54) is 29.8 Å². The molecule has 0 amide bonds. The Labute approximate surface area is 123 Å². The molecule has 1 N–H and O–H groups in total. The fourth-order valence-electron chi connectivity index (χ4n) is 2.49. The van der Waals surface area contributed by atoms with Crippen LogP contribution in [0.1, 0.15) is 69.2 Å². The minimum absolute atomic E-state index is 0.185. The first kappa shape index (κ1) is 15.4. The van der Waals surface area contributed by atoms with Crippen molar-refractivity contribution in [1.82, 2.24) is 15.3 Å². The summed E-state index contributed by atoms with van der Waals surface area (Å²) in [6.07, 6.45) is 3.60. The quantitative estimate of drug-likeness (QED) is 0.893. The Morgan fingerprint density at radius 3 is 2.15 bits per heavy atom. The molecule has 0 spiro atoms. The monoisotopic (exact) mass is 275 g/mol. The van der Waals surface area contributed by atoms with E-state index in [-0.39, 0.29) is 5.54 Å².